The summed E-state index contributed by atoms with van der Waals surface area (Å²) in [6.45, 7) is 0. The Labute approximate surface area is 168 Å². The Balaban J connectivity index is 1.94. The molecule has 0 spiro atoms. The summed E-state index contributed by atoms with van der Waals surface area (Å²) in [5, 5.41) is 14.7. The van der Waals surface area contributed by atoms with Crippen molar-refractivity contribution in [2.75, 3.05) is 0 Å². The number of carbonyl (C=O) groups is 1. The quantitative estimate of drug-likeness (QED) is 0.381. The molecule has 0 aliphatic heterocycles. The summed E-state index contributed by atoms with van der Waals surface area (Å²) < 4.78 is 0. The average Bonchev–Trinajstić information content (AvgIpc) is 3.16. The Morgan fingerprint density at radius 3 is 2.41 bits per heavy atom. The standard InChI is InChI=1S/C21H20Cl2N2O2/c22-14-9-11-15(12-10-14)24-13-18(21(27)25-16-5-1-2-6-16)20(26)17-7-3-4-8-19(17)23/h3-4,7-13,16,26H,1-2,5-6H2,(H,25,27)/b20-18-,24-13?. The molecule has 0 aromatic heterocycles. The minimum atomic E-state index is -0.364. The van der Waals surface area contributed by atoms with Gasteiger partial charge in [-0.05, 0) is 49.2 Å². The van der Waals surface area contributed by atoms with Crippen molar-refractivity contribution in [3.8, 4) is 0 Å². The first-order valence-electron chi connectivity index (χ1n) is 8.83. The van der Waals surface area contributed by atoms with E-state index in [1.54, 1.807) is 48.5 Å². The van der Waals surface area contributed by atoms with Crippen molar-refractivity contribution in [3.05, 3.63) is 69.7 Å². The largest absolute Gasteiger partial charge is 0.506 e. The number of aliphatic hydroxyl groups excluding tert-OH is 1. The van der Waals surface area contributed by atoms with Gasteiger partial charge in [-0.25, -0.2) is 0 Å². The van der Waals surface area contributed by atoms with Gasteiger partial charge in [0.25, 0.3) is 5.91 Å². The zero-order chi connectivity index (χ0) is 19.2. The minimum Gasteiger partial charge on any atom is -0.506 e. The predicted molar refractivity (Wildman–Crippen MR) is 111 cm³/mol. The fourth-order valence-electron chi connectivity index (χ4n) is 3.03. The minimum absolute atomic E-state index is 0.0740. The number of aliphatic hydroxyl groups is 1. The fraction of sp³-hybridized carbons (Fsp3) is 0.238. The number of hydrogen-bond acceptors (Lipinski definition) is 3. The molecule has 27 heavy (non-hydrogen) atoms. The maximum absolute atomic E-state index is 12.8. The molecule has 140 valence electrons. The van der Waals surface area contributed by atoms with Crippen LogP contribution >= 0.6 is 23.2 Å². The molecular weight excluding hydrogens is 383 g/mol. The van der Waals surface area contributed by atoms with E-state index >= 15 is 0 Å². The molecule has 1 amide bonds. The van der Waals surface area contributed by atoms with Gasteiger partial charge in [0.2, 0.25) is 0 Å². The van der Waals surface area contributed by atoms with E-state index < -0.39 is 0 Å². The van der Waals surface area contributed by atoms with Crippen LogP contribution in [0.15, 0.2) is 59.1 Å². The number of hydrogen-bond donors (Lipinski definition) is 2. The summed E-state index contributed by atoms with van der Waals surface area (Å²) in [4.78, 5) is 17.1. The highest BCUT2D eigenvalue weighted by Gasteiger charge is 2.22. The second kappa shape index (κ2) is 9.07. The monoisotopic (exact) mass is 402 g/mol. The van der Waals surface area contributed by atoms with Gasteiger partial charge in [0.15, 0.2) is 0 Å². The van der Waals surface area contributed by atoms with E-state index in [0.717, 1.165) is 25.7 Å². The second-order valence-electron chi connectivity index (χ2n) is 6.43. The second-order valence-corrected chi connectivity index (χ2v) is 7.28. The number of amides is 1. The van der Waals surface area contributed by atoms with Crippen LogP contribution in [0.2, 0.25) is 10.0 Å². The molecule has 1 fully saturated rings. The third kappa shape index (κ3) is 5.12. The molecule has 0 radical (unpaired) electrons. The predicted octanol–water partition coefficient (Wildman–Crippen LogP) is 5.72. The van der Waals surface area contributed by atoms with Gasteiger partial charge in [0.1, 0.15) is 11.3 Å². The molecule has 1 saturated carbocycles. The normalized spacial score (nSPS) is 15.8. The molecule has 6 heteroatoms. The lowest BCUT2D eigenvalue weighted by atomic mass is 10.1. The van der Waals surface area contributed by atoms with E-state index in [9.17, 15) is 9.90 Å². The summed E-state index contributed by atoms with van der Waals surface area (Å²) in [7, 11) is 0. The molecule has 2 aromatic carbocycles. The SMILES string of the molecule is O=C(NC1CCCC1)/C(C=Nc1ccc(Cl)cc1)=C(\O)c1ccccc1Cl. The van der Waals surface area contributed by atoms with Gasteiger partial charge in [-0.3, -0.25) is 9.79 Å². The molecule has 3 rings (SSSR count). The van der Waals surface area contributed by atoms with Gasteiger partial charge in [0.05, 0.1) is 10.7 Å². The average molecular weight is 403 g/mol. The first-order valence-corrected chi connectivity index (χ1v) is 9.59. The van der Waals surface area contributed by atoms with Crippen molar-refractivity contribution in [1.82, 2.24) is 5.32 Å². The van der Waals surface area contributed by atoms with E-state index in [-0.39, 0.29) is 23.3 Å². The number of nitrogens with zero attached hydrogens (tertiary/aromatic N) is 1. The highest BCUT2D eigenvalue weighted by Crippen LogP contribution is 2.25. The maximum Gasteiger partial charge on any atom is 0.256 e. The number of aliphatic imine (C=N–C) groups is 1. The van der Waals surface area contributed by atoms with E-state index in [1.807, 2.05) is 0 Å². The molecule has 0 heterocycles. The topological polar surface area (TPSA) is 61.7 Å². The summed E-state index contributed by atoms with van der Waals surface area (Å²) in [5.74, 6) is -0.564. The molecule has 1 aliphatic rings. The summed E-state index contributed by atoms with van der Waals surface area (Å²) >= 11 is 12.1. The number of rotatable bonds is 5. The molecule has 0 saturated heterocycles. The number of halogens is 2. The van der Waals surface area contributed by atoms with E-state index in [1.165, 1.54) is 6.21 Å². The third-order valence-electron chi connectivity index (χ3n) is 4.49. The van der Waals surface area contributed by atoms with Crippen LogP contribution in [0.3, 0.4) is 0 Å². The van der Waals surface area contributed by atoms with E-state index in [2.05, 4.69) is 10.3 Å². The Kier molecular flexibility index (Phi) is 6.54. The zero-order valence-corrected chi connectivity index (χ0v) is 16.2. The number of nitrogens with one attached hydrogen (secondary N) is 1. The molecule has 2 aromatic rings. The van der Waals surface area contributed by atoms with E-state index in [4.69, 9.17) is 23.2 Å². The molecule has 0 unspecified atom stereocenters. The van der Waals surface area contributed by atoms with Gasteiger partial charge >= 0.3 is 0 Å². The summed E-state index contributed by atoms with van der Waals surface area (Å²) in [6.07, 6.45) is 5.45. The lowest BCUT2D eigenvalue weighted by Gasteiger charge is -2.14. The molecule has 0 atom stereocenters. The van der Waals surface area contributed by atoms with Gasteiger partial charge in [-0.2, -0.15) is 0 Å². The van der Waals surface area contributed by atoms with Gasteiger partial charge in [0, 0.05) is 22.8 Å². The van der Waals surface area contributed by atoms with Crippen LogP contribution in [0.5, 0.6) is 0 Å². The lowest BCUT2D eigenvalue weighted by Crippen LogP contribution is -2.34. The van der Waals surface area contributed by atoms with Crippen molar-refractivity contribution in [1.29, 1.82) is 0 Å². The van der Waals surface area contributed by atoms with Crippen molar-refractivity contribution in [2.45, 2.75) is 31.7 Å². The maximum atomic E-state index is 12.8. The number of carbonyl (C=O) groups excluding carboxylic acids is 1. The summed E-state index contributed by atoms with van der Waals surface area (Å²) in [6, 6.07) is 13.9. The van der Waals surface area contributed by atoms with Crippen LogP contribution in [0.25, 0.3) is 5.76 Å². The Morgan fingerprint density at radius 2 is 1.74 bits per heavy atom. The van der Waals surface area contributed by atoms with Gasteiger partial charge in [-0.1, -0.05) is 48.2 Å². The summed E-state index contributed by atoms with van der Waals surface area (Å²) in [5.41, 5.74) is 1.08. The number of benzene rings is 2. The first kappa shape index (κ1) is 19.5. The molecule has 2 N–H and O–H groups in total. The fourth-order valence-corrected chi connectivity index (χ4v) is 3.38. The zero-order valence-electron chi connectivity index (χ0n) is 14.7. The van der Waals surface area contributed by atoms with Crippen LogP contribution in [0, 0.1) is 0 Å². The van der Waals surface area contributed by atoms with Crippen LogP contribution in [0.4, 0.5) is 5.69 Å². The van der Waals surface area contributed by atoms with Crippen LogP contribution in [-0.4, -0.2) is 23.3 Å². The Morgan fingerprint density at radius 1 is 1.07 bits per heavy atom. The molecule has 1 aliphatic carbocycles. The van der Waals surface area contributed by atoms with Crippen LogP contribution in [0.1, 0.15) is 31.2 Å². The van der Waals surface area contributed by atoms with Crippen molar-refractivity contribution in [2.24, 2.45) is 4.99 Å². The van der Waals surface area contributed by atoms with Gasteiger partial charge < -0.3 is 10.4 Å². The van der Waals surface area contributed by atoms with Gasteiger partial charge in [-0.15, -0.1) is 0 Å². The Hall–Kier alpha value is -2.30. The lowest BCUT2D eigenvalue weighted by molar-refractivity contribution is -0.117. The van der Waals surface area contributed by atoms with Crippen molar-refractivity contribution < 1.29 is 9.90 Å². The molecule has 0 bridgehead atoms. The molecular formula is C21H20Cl2N2O2. The highest BCUT2D eigenvalue weighted by molar-refractivity contribution is 6.33. The Bertz CT molecular complexity index is 870. The third-order valence-corrected chi connectivity index (χ3v) is 5.07. The van der Waals surface area contributed by atoms with E-state index in [0.29, 0.717) is 21.3 Å². The molecule has 4 nitrogen and oxygen atoms in total. The van der Waals surface area contributed by atoms with Crippen molar-refractivity contribution >= 4 is 46.8 Å². The van der Waals surface area contributed by atoms with Crippen LogP contribution in [-0.2, 0) is 4.79 Å². The first-order chi connectivity index (χ1) is 13.0. The van der Waals surface area contributed by atoms with Crippen LogP contribution < -0.4 is 5.32 Å². The smallest absolute Gasteiger partial charge is 0.256 e. The highest BCUT2D eigenvalue weighted by atomic mass is 35.5. The van der Waals surface area contributed by atoms with Crippen molar-refractivity contribution in [3.63, 3.8) is 0 Å².